The Morgan fingerprint density at radius 3 is 2.83 bits per heavy atom. The van der Waals surface area contributed by atoms with Crippen molar-refractivity contribution in [1.82, 2.24) is 24.9 Å². The molecule has 1 atom stereocenters. The number of carbonyl (C=O) groups is 1. The lowest BCUT2D eigenvalue weighted by Gasteiger charge is -2.12. The Morgan fingerprint density at radius 1 is 1.28 bits per heavy atom. The molecule has 29 heavy (non-hydrogen) atoms. The van der Waals surface area contributed by atoms with Crippen LogP contribution in [0.4, 0.5) is 0 Å². The highest BCUT2D eigenvalue weighted by Gasteiger charge is 2.19. The molecule has 1 N–H and O–H groups in total. The molecule has 0 unspecified atom stereocenters. The van der Waals surface area contributed by atoms with Crippen molar-refractivity contribution in [2.24, 2.45) is 0 Å². The fourth-order valence-corrected chi connectivity index (χ4v) is 3.61. The van der Waals surface area contributed by atoms with Gasteiger partial charge in [0.15, 0.2) is 0 Å². The molecule has 1 aliphatic rings. The molecule has 3 heterocycles. The molecule has 1 aromatic carbocycles. The first-order valence-corrected chi connectivity index (χ1v) is 9.85. The van der Waals surface area contributed by atoms with Crippen molar-refractivity contribution in [3.05, 3.63) is 51.6 Å². The topological polar surface area (TPSA) is 91.0 Å². The maximum atomic E-state index is 13.1. The van der Waals surface area contributed by atoms with Gasteiger partial charge in [-0.2, -0.15) is 10.2 Å². The minimum absolute atomic E-state index is 0.0547. The standard InChI is InChI=1S/C21H25N5O3/c1-13-6-7-16(9-14(13)2)26-20-18(11-23-26)15(3)24-25(21(20)28)12-19(27)22-10-17-5-4-8-29-17/h6-7,9,11,17H,4-5,8,10,12H2,1-3H3,(H,22,27)/t17-/m1/s1. The van der Waals surface area contributed by atoms with Crippen molar-refractivity contribution in [3.63, 3.8) is 0 Å². The minimum atomic E-state index is -0.339. The number of aryl methyl sites for hydroxylation is 3. The molecule has 0 bridgehead atoms. The smallest absolute Gasteiger partial charge is 0.293 e. The van der Waals surface area contributed by atoms with E-state index in [1.54, 1.807) is 10.9 Å². The summed E-state index contributed by atoms with van der Waals surface area (Å²) in [5.41, 5.74) is 3.83. The number of nitrogens with zero attached hydrogens (tertiary/aromatic N) is 4. The average Bonchev–Trinajstić information content (AvgIpc) is 3.36. The molecule has 1 saturated heterocycles. The third-order valence-electron chi connectivity index (χ3n) is 5.45. The summed E-state index contributed by atoms with van der Waals surface area (Å²) in [7, 11) is 0. The van der Waals surface area contributed by atoms with Crippen LogP contribution in [0.3, 0.4) is 0 Å². The van der Waals surface area contributed by atoms with E-state index in [0.717, 1.165) is 30.7 Å². The van der Waals surface area contributed by atoms with Crippen LogP contribution in [0.5, 0.6) is 0 Å². The number of carbonyl (C=O) groups excluding carboxylic acids is 1. The van der Waals surface area contributed by atoms with Gasteiger partial charge in [-0.05, 0) is 56.9 Å². The quantitative estimate of drug-likeness (QED) is 0.711. The maximum Gasteiger partial charge on any atom is 0.293 e. The van der Waals surface area contributed by atoms with Gasteiger partial charge in [-0.15, -0.1) is 0 Å². The van der Waals surface area contributed by atoms with Gasteiger partial charge in [-0.3, -0.25) is 9.59 Å². The summed E-state index contributed by atoms with van der Waals surface area (Å²) in [5.74, 6) is -0.258. The molecular weight excluding hydrogens is 370 g/mol. The van der Waals surface area contributed by atoms with Crippen molar-refractivity contribution >= 4 is 16.8 Å². The Labute approximate surface area is 168 Å². The zero-order chi connectivity index (χ0) is 20.5. The van der Waals surface area contributed by atoms with Crippen LogP contribution >= 0.6 is 0 Å². The van der Waals surface area contributed by atoms with Gasteiger partial charge in [0.2, 0.25) is 5.91 Å². The van der Waals surface area contributed by atoms with Gasteiger partial charge in [0.1, 0.15) is 12.1 Å². The van der Waals surface area contributed by atoms with E-state index in [4.69, 9.17) is 4.74 Å². The highest BCUT2D eigenvalue weighted by atomic mass is 16.5. The van der Waals surface area contributed by atoms with E-state index in [9.17, 15) is 9.59 Å². The van der Waals surface area contributed by atoms with Crippen molar-refractivity contribution in [1.29, 1.82) is 0 Å². The van der Waals surface area contributed by atoms with Crippen LogP contribution in [0.15, 0.2) is 29.2 Å². The zero-order valence-corrected chi connectivity index (χ0v) is 16.9. The Kier molecular flexibility index (Phi) is 5.19. The predicted molar refractivity (Wildman–Crippen MR) is 109 cm³/mol. The second-order valence-corrected chi connectivity index (χ2v) is 7.57. The van der Waals surface area contributed by atoms with Crippen molar-refractivity contribution in [2.75, 3.05) is 13.2 Å². The first-order chi connectivity index (χ1) is 13.9. The molecule has 3 aromatic rings. The summed E-state index contributed by atoms with van der Waals surface area (Å²) >= 11 is 0. The Hall–Kier alpha value is -3.00. The first-order valence-electron chi connectivity index (χ1n) is 9.85. The second kappa shape index (κ2) is 7.79. The molecular formula is C21H25N5O3. The molecule has 0 radical (unpaired) electrons. The molecule has 8 nitrogen and oxygen atoms in total. The minimum Gasteiger partial charge on any atom is -0.376 e. The molecule has 1 fully saturated rings. The first kappa shape index (κ1) is 19.3. The molecule has 0 aliphatic carbocycles. The molecule has 1 amide bonds. The largest absolute Gasteiger partial charge is 0.376 e. The number of hydrogen-bond donors (Lipinski definition) is 1. The van der Waals surface area contributed by atoms with Crippen LogP contribution in [0.1, 0.15) is 29.7 Å². The van der Waals surface area contributed by atoms with Crippen molar-refractivity contribution in [2.45, 2.75) is 46.3 Å². The van der Waals surface area contributed by atoms with Crippen molar-refractivity contribution < 1.29 is 9.53 Å². The highest BCUT2D eigenvalue weighted by Crippen LogP contribution is 2.19. The van der Waals surface area contributed by atoms with Gasteiger partial charge in [0.05, 0.1) is 23.7 Å². The molecule has 0 saturated carbocycles. The van der Waals surface area contributed by atoms with Crippen LogP contribution in [0.2, 0.25) is 0 Å². The van der Waals surface area contributed by atoms with Crippen LogP contribution in [-0.2, 0) is 16.1 Å². The molecule has 1 aliphatic heterocycles. The monoisotopic (exact) mass is 395 g/mol. The normalized spacial score (nSPS) is 16.4. The second-order valence-electron chi connectivity index (χ2n) is 7.57. The summed E-state index contributed by atoms with van der Waals surface area (Å²) in [6.45, 7) is 6.93. The Bertz CT molecular complexity index is 1130. The number of ether oxygens (including phenoxy) is 1. The van der Waals surface area contributed by atoms with Crippen molar-refractivity contribution in [3.8, 4) is 5.69 Å². The average molecular weight is 395 g/mol. The Balaban J connectivity index is 1.65. The van der Waals surface area contributed by atoms with E-state index in [1.807, 2.05) is 39.0 Å². The van der Waals surface area contributed by atoms with E-state index in [2.05, 4.69) is 15.5 Å². The van der Waals surface area contributed by atoms with Crippen LogP contribution in [-0.4, -0.2) is 44.7 Å². The van der Waals surface area contributed by atoms with Gasteiger partial charge in [-0.1, -0.05) is 6.07 Å². The number of hydrogen-bond acceptors (Lipinski definition) is 5. The molecule has 0 spiro atoms. The summed E-state index contributed by atoms with van der Waals surface area (Å²) in [5, 5.41) is 12.3. The number of aromatic nitrogens is 4. The lowest BCUT2D eigenvalue weighted by molar-refractivity contribution is -0.122. The fourth-order valence-electron chi connectivity index (χ4n) is 3.61. The van der Waals surface area contributed by atoms with Crippen LogP contribution in [0.25, 0.3) is 16.6 Å². The number of benzene rings is 1. The molecule has 152 valence electrons. The van der Waals surface area contributed by atoms with E-state index in [1.165, 1.54) is 10.2 Å². The van der Waals surface area contributed by atoms with Crippen LogP contribution < -0.4 is 10.9 Å². The van der Waals surface area contributed by atoms with E-state index >= 15 is 0 Å². The summed E-state index contributed by atoms with van der Waals surface area (Å²) in [4.78, 5) is 25.5. The number of fused-ring (bicyclic) bond motifs is 1. The van der Waals surface area contributed by atoms with Gasteiger partial charge >= 0.3 is 0 Å². The molecule has 2 aromatic heterocycles. The molecule has 4 rings (SSSR count). The van der Waals surface area contributed by atoms with Gasteiger partial charge in [0, 0.05) is 18.5 Å². The third kappa shape index (κ3) is 3.80. The van der Waals surface area contributed by atoms with Gasteiger partial charge < -0.3 is 10.1 Å². The van der Waals surface area contributed by atoms with Gasteiger partial charge in [0.25, 0.3) is 5.56 Å². The third-order valence-corrected chi connectivity index (χ3v) is 5.45. The lowest BCUT2D eigenvalue weighted by atomic mass is 10.1. The summed E-state index contributed by atoms with van der Waals surface area (Å²) in [6.07, 6.45) is 3.66. The molecule has 8 heteroatoms. The number of rotatable bonds is 5. The van der Waals surface area contributed by atoms with E-state index in [0.29, 0.717) is 23.1 Å². The SMILES string of the molecule is Cc1ccc(-n2ncc3c(C)nn(CC(=O)NC[C@H]4CCCO4)c(=O)c32)cc1C. The summed E-state index contributed by atoms with van der Waals surface area (Å²) < 4.78 is 8.35. The van der Waals surface area contributed by atoms with Gasteiger partial charge in [-0.25, -0.2) is 9.36 Å². The van der Waals surface area contributed by atoms with E-state index in [-0.39, 0.29) is 24.1 Å². The fraction of sp³-hybridized carbons (Fsp3) is 0.429. The van der Waals surface area contributed by atoms with Crippen LogP contribution in [0, 0.1) is 20.8 Å². The zero-order valence-electron chi connectivity index (χ0n) is 16.9. The lowest BCUT2D eigenvalue weighted by Crippen LogP contribution is -2.37. The highest BCUT2D eigenvalue weighted by molar-refractivity contribution is 5.82. The van der Waals surface area contributed by atoms with E-state index < -0.39 is 0 Å². The summed E-state index contributed by atoms with van der Waals surface area (Å²) in [6, 6.07) is 5.93. The number of nitrogens with one attached hydrogen (secondary N) is 1. The Morgan fingerprint density at radius 2 is 2.10 bits per heavy atom. The predicted octanol–water partition coefficient (Wildman–Crippen LogP) is 1.80. The number of amides is 1. The maximum absolute atomic E-state index is 13.1.